The number of hydroxylamine groups is 3. The quantitative estimate of drug-likeness (QED) is 0.399. The maximum Gasteiger partial charge on any atom is 0.328 e. The molecular formula is C22H27NO6. The van der Waals surface area contributed by atoms with Gasteiger partial charge in [-0.25, -0.2) is 9.59 Å². The minimum atomic E-state index is -1.26. The van der Waals surface area contributed by atoms with E-state index in [1.54, 1.807) is 14.1 Å². The second-order valence-electron chi connectivity index (χ2n) is 6.88. The van der Waals surface area contributed by atoms with E-state index in [1.165, 1.54) is 5.56 Å². The molecule has 0 spiro atoms. The predicted octanol–water partition coefficient (Wildman–Crippen LogP) is 3.39. The van der Waals surface area contributed by atoms with Gasteiger partial charge in [0.1, 0.15) is 12.6 Å². The topological polar surface area (TPSA) is 107 Å². The summed E-state index contributed by atoms with van der Waals surface area (Å²) in [6.45, 7) is 2.94. The molecule has 0 saturated heterocycles. The summed E-state index contributed by atoms with van der Waals surface area (Å²) in [5.74, 6) is -2.51. The van der Waals surface area contributed by atoms with E-state index in [-0.39, 0.29) is 10.8 Å². The van der Waals surface area contributed by atoms with E-state index in [4.69, 9.17) is 14.9 Å². The van der Waals surface area contributed by atoms with E-state index in [2.05, 4.69) is 43.3 Å². The molecule has 7 nitrogen and oxygen atoms in total. The smallest absolute Gasteiger partial charge is 0.328 e. The van der Waals surface area contributed by atoms with Crippen molar-refractivity contribution < 1.29 is 29.2 Å². The van der Waals surface area contributed by atoms with Crippen LogP contribution in [0.4, 0.5) is 0 Å². The Labute approximate surface area is 170 Å². The third kappa shape index (κ3) is 10.8. The molecule has 0 heterocycles. The van der Waals surface area contributed by atoms with E-state index >= 15 is 0 Å². The molecule has 0 aromatic heterocycles. The van der Waals surface area contributed by atoms with Crippen LogP contribution in [-0.4, -0.2) is 54.0 Å². The molecule has 0 aliphatic carbocycles. The summed E-state index contributed by atoms with van der Waals surface area (Å²) in [7, 11) is 3.26. The number of benzene rings is 2. The zero-order chi connectivity index (χ0) is 21.9. The molecule has 1 atom stereocenters. The third-order valence-corrected chi connectivity index (χ3v) is 3.77. The molecule has 0 fully saturated rings. The van der Waals surface area contributed by atoms with Gasteiger partial charge in [0, 0.05) is 12.2 Å². The van der Waals surface area contributed by atoms with Gasteiger partial charge in [-0.05, 0) is 18.1 Å². The molecule has 2 aromatic rings. The van der Waals surface area contributed by atoms with Crippen molar-refractivity contribution in [2.45, 2.75) is 13.0 Å². The van der Waals surface area contributed by atoms with Gasteiger partial charge in [-0.3, -0.25) is 0 Å². The Morgan fingerprint density at radius 3 is 1.90 bits per heavy atom. The molecule has 2 rings (SSSR count). The predicted molar refractivity (Wildman–Crippen MR) is 110 cm³/mol. The third-order valence-electron chi connectivity index (χ3n) is 3.77. The second-order valence-corrected chi connectivity index (χ2v) is 6.88. The first-order valence-electron chi connectivity index (χ1n) is 8.99. The number of nitrogens with zero attached hydrogens (tertiary/aromatic N) is 1. The standard InChI is InChI=1S/C18H23NO2.C4H4O4/c1-15-9-11-17(12-10-15)18(16-7-5-4-6-8-16)21-14-13-19(2,3)20;5-3(6)1-2-4(7)8/h4-12,18H,13-14H2,1-3H3;1-2H,(H,5,6)(H,7,8)/b;2-1-. The largest absolute Gasteiger partial charge is 0.633 e. The maximum absolute atomic E-state index is 11.7. The summed E-state index contributed by atoms with van der Waals surface area (Å²) in [4.78, 5) is 19.1. The fourth-order valence-electron chi connectivity index (χ4n) is 2.29. The number of ether oxygens (including phenoxy) is 1. The number of aliphatic carboxylic acids is 2. The molecule has 0 amide bonds. The number of hydrogen-bond acceptors (Lipinski definition) is 4. The van der Waals surface area contributed by atoms with Crippen molar-refractivity contribution in [1.82, 2.24) is 0 Å². The lowest BCUT2D eigenvalue weighted by molar-refractivity contribution is -0.840. The van der Waals surface area contributed by atoms with Crippen LogP contribution in [-0.2, 0) is 14.3 Å². The first kappa shape index (κ1) is 24.0. The molecule has 2 N–H and O–H groups in total. The van der Waals surface area contributed by atoms with Crippen molar-refractivity contribution in [3.63, 3.8) is 0 Å². The summed E-state index contributed by atoms with van der Waals surface area (Å²) in [6, 6.07) is 18.5. The van der Waals surface area contributed by atoms with Crippen molar-refractivity contribution in [2.24, 2.45) is 0 Å². The number of quaternary nitrogens is 1. The van der Waals surface area contributed by atoms with E-state index in [0.717, 1.165) is 11.1 Å². The number of rotatable bonds is 8. The molecule has 0 bridgehead atoms. The highest BCUT2D eigenvalue weighted by molar-refractivity contribution is 5.89. The summed E-state index contributed by atoms with van der Waals surface area (Å²) in [5, 5.41) is 27.3. The molecule has 7 heteroatoms. The van der Waals surface area contributed by atoms with Crippen LogP contribution in [0.5, 0.6) is 0 Å². The Hall–Kier alpha value is -3.00. The van der Waals surface area contributed by atoms with Crippen LogP contribution in [0.15, 0.2) is 66.7 Å². The van der Waals surface area contributed by atoms with E-state index in [9.17, 15) is 14.8 Å². The van der Waals surface area contributed by atoms with Gasteiger partial charge in [0.05, 0.1) is 20.7 Å². The van der Waals surface area contributed by atoms with Crippen molar-refractivity contribution >= 4 is 11.9 Å². The molecule has 1 unspecified atom stereocenters. The van der Waals surface area contributed by atoms with E-state index in [1.807, 2.05) is 18.2 Å². The van der Waals surface area contributed by atoms with Gasteiger partial charge in [-0.1, -0.05) is 60.2 Å². The number of aryl methyl sites for hydroxylation is 1. The van der Waals surface area contributed by atoms with Crippen LogP contribution < -0.4 is 0 Å². The monoisotopic (exact) mass is 401 g/mol. The number of carbonyl (C=O) groups is 2. The van der Waals surface area contributed by atoms with Crippen molar-refractivity contribution in [2.75, 3.05) is 27.2 Å². The first-order chi connectivity index (χ1) is 13.6. The van der Waals surface area contributed by atoms with Gasteiger partial charge in [-0.2, -0.15) is 0 Å². The van der Waals surface area contributed by atoms with E-state index in [0.29, 0.717) is 25.3 Å². The first-order valence-corrected chi connectivity index (χ1v) is 8.99. The lowest BCUT2D eigenvalue weighted by Crippen LogP contribution is -2.35. The number of carboxylic acids is 2. The molecular weight excluding hydrogens is 374 g/mol. The molecule has 0 aliphatic heterocycles. The summed E-state index contributed by atoms with van der Waals surface area (Å²) >= 11 is 0. The number of carboxylic acid groups (broad SMARTS) is 2. The van der Waals surface area contributed by atoms with Gasteiger partial charge in [0.15, 0.2) is 0 Å². The highest BCUT2D eigenvalue weighted by Crippen LogP contribution is 2.26. The second kappa shape index (κ2) is 11.8. The van der Waals surface area contributed by atoms with Gasteiger partial charge in [-0.15, -0.1) is 0 Å². The Morgan fingerprint density at radius 1 is 0.966 bits per heavy atom. The van der Waals surface area contributed by atoms with Gasteiger partial charge in [0.25, 0.3) is 0 Å². The molecule has 156 valence electrons. The fourth-order valence-corrected chi connectivity index (χ4v) is 2.29. The summed E-state index contributed by atoms with van der Waals surface area (Å²) in [5.41, 5.74) is 3.45. The average molecular weight is 401 g/mol. The molecule has 2 aromatic carbocycles. The Kier molecular flexibility index (Phi) is 9.74. The van der Waals surface area contributed by atoms with E-state index < -0.39 is 11.9 Å². The highest BCUT2D eigenvalue weighted by Gasteiger charge is 2.15. The van der Waals surface area contributed by atoms with Crippen LogP contribution in [0, 0.1) is 12.1 Å². The Morgan fingerprint density at radius 2 is 1.45 bits per heavy atom. The number of likely N-dealkylation sites (N-methyl/N-ethyl adjacent to an activating group) is 1. The molecule has 0 aliphatic rings. The molecule has 0 saturated carbocycles. The molecule has 0 radical (unpaired) electrons. The zero-order valence-corrected chi connectivity index (χ0v) is 16.8. The van der Waals surface area contributed by atoms with Crippen molar-refractivity contribution in [3.8, 4) is 0 Å². The Balaban J connectivity index is 0.000000447. The lowest BCUT2D eigenvalue weighted by atomic mass is 10.0. The fraction of sp³-hybridized carbons (Fsp3) is 0.273. The van der Waals surface area contributed by atoms with Crippen LogP contribution in [0.1, 0.15) is 22.8 Å². The van der Waals surface area contributed by atoms with Crippen LogP contribution >= 0.6 is 0 Å². The van der Waals surface area contributed by atoms with Crippen molar-refractivity contribution in [1.29, 1.82) is 0 Å². The van der Waals surface area contributed by atoms with Gasteiger partial charge >= 0.3 is 11.9 Å². The molecule has 29 heavy (non-hydrogen) atoms. The number of hydrogen-bond donors (Lipinski definition) is 2. The van der Waals surface area contributed by atoms with Crippen LogP contribution in [0.3, 0.4) is 0 Å². The van der Waals surface area contributed by atoms with Crippen LogP contribution in [0.25, 0.3) is 0 Å². The summed E-state index contributed by atoms with van der Waals surface area (Å²) in [6.07, 6.45) is 0.989. The normalized spacial score (nSPS) is 12.1. The van der Waals surface area contributed by atoms with Crippen LogP contribution in [0.2, 0.25) is 0 Å². The average Bonchev–Trinajstić information content (AvgIpc) is 2.65. The maximum atomic E-state index is 11.7. The summed E-state index contributed by atoms with van der Waals surface area (Å²) < 4.78 is 5.68. The van der Waals surface area contributed by atoms with Gasteiger partial charge in [0.2, 0.25) is 0 Å². The van der Waals surface area contributed by atoms with Crippen molar-refractivity contribution in [3.05, 3.63) is 88.6 Å². The zero-order valence-electron chi connectivity index (χ0n) is 16.8. The Bertz CT molecular complexity index is 778. The van der Waals surface area contributed by atoms with Gasteiger partial charge < -0.3 is 24.8 Å². The minimum absolute atomic E-state index is 0.127. The highest BCUT2D eigenvalue weighted by atomic mass is 16.5. The lowest BCUT2D eigenvalue weighted by Gasteiger charge is -2.34. The SMILES string of the molecule is Cc1ccc(C(OCC[N+](C)(C)[O-])c2ccccc2)cc1.O=C(O)/C=C\C(=O)O. The minimum Gasteiger partial charge on any atom is -0.633 e.